The topological polar surface area (TPSA) is 67.2 Å². The van der Waals surface area contributed by atoms with Crippen LogP contribution in [0.4, 0.5) is 0 Å². The molecule has 1 aromatic carbocycles. The van der Waals surface area contributed by atoms with Crippen molar-refractivity contribution in [2.45, 2.75) is 19.9 Å². The number of rotatable bonds is 6. The largest absolute Gasteiger partial charge is 0.444 e. The Morgan fingerprint density at radius 1 is 1.33 bits per heavy atom. The van der Waals surface area contributed by atoms with Crippen LogP contribution >= 0.6 is 12.4 Å². The van der Waals surface area contributed by atoms with Gasteiger partial charge >= 0.3 is 0 Å². The molecule has 2 rings (SSSR count). The van der Waals surface area contributed by atoms with Crippen LogP contribution in [-0.2, 0) is 0 Å². The molecular weight excluding hydrogens is 290 g/mol. The Labute approximate surface area is 130 Å². The van der Waals surface area contributed by atoms with Crippen LogP contribution in [0.15, 0.2) is 41.0 Å². The van der Waals surface area contributed by atoms with Gasteiger partial charge in [0.1, 0.15) is 6.26 Å². The van der Waals surface area contributed by atoms with E-state index in [9.17, 15) is 4.79 Å². The summed E-state index contributed by atoms with van der Waals surface area (Å²) >= 11 is 0. The summed E-state index contributed by atoms with van der Waals surface area (Å²) in [5, 5.41) is 6.05. The fourth-order valence-electron chi connectivity index (χ4n) is 1.85. The van der Waals surface area contributed by atoms with Crippen molar-refractivity contribution >= 4 is 18.3 Å². The fourth-order valence-corrected chi connectivity index (χ4v) is 1.85. The molecule has 1 amide bonds. The minimum Gasteiger partial charge on any atom is -0.444 e. The summed E-state index contributed by atoms with van der Waals surface area (Å²) in [4.78, 5) is 16.1. The standard InChI is InChI=1S/C15H19N3O2.ClH/c1-3-16-11(2)9-17-14(19)13-10-20-15(18-13)12-7-5-4-6-8-12;/h4-8,10-11,16H,3,9H2,1-2H3,(H,17,19);1H/t11-;/m1./s1. The Morgan fingerprint density at radius 2 is 2.05 bits per heavy atom. The van der Waals surface area contributed by atoms with E-state index in [1.54, 1.807) is 0 Å². The Hall–Kier alpha value is -1.85. The predicted molar refractivity (Wildman–Crippen MR) is 84.7 cm³/mol. The van der Waals surface area contributed by atoms with Crippen molar-refractivity contribution in [2.24, 2.45) is 0 Å². The van der Waals surface area contributed by atoms with Crippen LogP contribution in [0.3, 0.4) is 0 Å². The highest BCUT2D eigenvalue weighted by Crippen LogP contribution is 2.17. The Morgan fingerprint density at radius 3 is 2.71 bits per heavy atom. The first-order valence-corrected chi connectivity index (χ1v) is 6.73. The number of nitrogens with one attached hydrogen (secondary N) is 2. The number of hydrogen-bond acceptors (Lipinski definition) is 4. The molecule has 21 heavy (non-hydrogen) atoms. The molecule has 0 aliphatic carbocycles. The SMILES string of the molecule is CCN[C@H](C)CNC(=O)c1coc(-c2ccccc2)n1.Cl. The Kier molecular flexibility index (Phi) is 6.91. The van der Waals surface area contributed by atoms with Gasteiger partial charge in [0.25, 0.3) is 5.91 Å². The molecule has 0 aliphatic heterocycles. The molecule has 1 aromatic heterocycles. The Bertz CT molecular complexity index is 557. The van der Waals surface area contributed by atoms with Crippen molar-refractivity contribution in [1.82, 2.24) is 15.6 Å². The summed E-state index contributed by atoms with van der Waals surface area (Å²) in [6.45, 7) is 5.48. The van der Waals surface area contributed by atoms with E-state index in [4.69, 9.17) is 4.42 Å². The molecule has 6 heteroatoms. The fraction of sp³-hybridized carbons (Fsp3) is 0.333. The minimum absolute atomic E-state index is 0. The number of carbonyl (C=O) groups excluding carboxylic acids is 1. The monoisotopic (exact) mass is 309 g/mol. The summed E-state index contributed by atoms with van der Waals surface area (Å²) in [6, 6.07) is 9.72. The lowest BCUT2D eigenvalue weighted by atomic mass is 10.2. The summed E-state index contributed by atoms with van der Waals surface area (Å²) in [5.41, 5.74) is 1.15. The van der Waals surface area contributed by atoms with Gasteiger partial charge in [0.15, 0.2) is 5.69 Å². The van der Waals surface area contributed by atoms with Crippen molar-refractivity contribution in [3.05, 3.63) is 42.3 Å². The minimum atomic E-state index is -0.222. The summed E-state index contributed by atoms with van der Waals surface area (Å²) in [6.07, 6.45) is 1.38. The second kappa shape index (κ2) is 8.44. The van der Waals surface area contributed by atoms with E-state index in [-0.39, 0.29) is 24.4 Å². The van der Waals surface area contributed by atoms with Crippen molar-refractivity contribution in [3.63, 3.8) is 0 Å². The number of halogens is 1. The molecule has 0 saturated heterocycles. The van der Waals surface area contributed by atoms with Gasteiger partial charge in [-0.05, 0) is 25.6 Å². The molecule has 0 saturated carbocycles. The first-order chi connectivity index (χ1) is 9.70. The van der Waals surface area contributed by atoms with Gasteiger partial charge in [0.05, 0.1) is 0 Å². The second-order valence-electron chi connectivity index (χ2n) is 4.57. The van der Waals surface area contributed by atoms with Crippen molar-refractivity contribution in [1.29, 1.82) is 0 Å². The zero-order valence-corrected chi connectivity index (χ0v) is 12.9. The van der Waals surface area contributed by atoms with E-state index in [2.05, 4.69) is 15.6 Å². The summed E-state index contributed by atoms with van der Waals surface area (Å²) in [5.74, 6) is 0.233. The number of nitrogens with zero attached hydrogens (tertiary/aromatic N) is 1. The van der Waals surface area contributed by atoms with Crippen LogP contribution in [0.1, 0.15) is 24.3 Å². The van der Waals surface area contributed by atoms with E-state index >= 15 is 0 Å². The van der Waals surface area contributed by atoms with Gasteiger partial charge < -0.3 is 15.1 Å². The number of carbonyl (C=O) groups is 1. The maximum absolute atomic E-state index is 11.9. The third-order valence-corrected chi connectivity index (χ3v) is 2.88. The van der Waals surface area contributed by atoms with Gasteiger partial charge in [0, 0.05) is 18.2 Å². The normalized spacial score (nSPS) is 11.5. The molecule has 0 bridgehead atoms. The lowest BCUT2D eigenvalue weighted by molar-refractivity contribution is 0.0945. The number of aromatic nitrogens is 1. The first kappa shape index (κ1) is 17.2. The van der Waals surface area contributed by atoms with Crippen LogP contribution in [0.2, 0.25) is 0 Å². The smallest absolute Gasteiger partial charge is 0.273 e. The number of amides is 1. The van der Waals surface area contributed by atoms with Gasteiger partial charge in [-0.3, -0.25) is 4.79 Å². The quantitative estimate of drug-likeness (QED) is 0.860. The van der Waals surface area contributed by atoms with Gasteiger partial charge in [-0.2, -0.15) is 0 Å². The lowest BCUT2D eigenvalue weighted by Crippen LogP contribution is -2.38. The third kappa shape index (κ3) is 4.88. The lowest BCUT2D eigenvalue weighted by Gasteiger charge is -2.12. The summed E-state index contributed by atoms with van der Waals surface area (Å²) in [7, 11) is 0. The maximum Gasteiger partial charge on any atom is 0.273 e. The van der Waals surface area contributed by atoms with Crippen LogP contribution in [0.5, 0.6) is 0 Å². The molecule has 2 N–H and O–H groups in total. The molecule has 0 radical (unpaired) electrons. The van der Waals surface area contributed by atoms with E-state index in [1.807, 2.05) is 44.2 Å². The second-order valence-corrected chi connectivity index (χ2v) is 4.57. The molecule has 0 aliphatic rings. The molecule has 1 atom stereocenters. The van der Waals surface area contributed by atoms with Crippen LogP contribution in [-0.4, -0.2) is 30.0 Å². The van der Waals surface area contributed by atoms with E-state index in [1.165, 1.54) is 6.26 Å². The molecule has 2 aromatic rings. The molecule has 0 unspecified atom stereocenters. The molecular formula is C15H20ClN3O2. The van der Waals surface area contributed by atoms with Gasteiger partial charge in [0.2, 0.25) is 5.89 Å². The zero-order chi connectivity index (χ0) is 14.4. The third-order valence-electron chi connectivity index (χ3n) is 2.88. The maximum atomic E-state index is 11.9. The highest BCUT2D eigenvalue weighted by molar-refractivity contribution is 5.92. The van der Waals surface area contributed by atoms with Gasteiger partial charge in [-0.1, -0.05) is 25.1 Å². The number of likely N-dealkylation sites (N-methyl/N-ethyl adjacent to an activating group) is 1. The predicted octanol–water partition coefficient (Wildman–Crippen LogP) is 2.49. The van der Waals surface area contributed by atoms with E-state index in [0.29, 0.717) is 18.1 Å². The molecule has 0 fully saturated rings. The van der Waals surface area contributed by atoms with Gasteiger partial charge in [-0.15, -0.1) is 12.4 Å². The van der Waals surface area contributed by atoms with E-state index < -0.39 is 0 Å². The zero-order valence-electron chi connectivity index (χ0n) is 12.1. The van der Waals surface area contributed by atoms with Gasteiger partial charge in [-0.25, -0.2) is 4.98 Å². The average molecular weight is 310 g/mol. The van der Waals surface area contributed by atoms with Crippen molar-refractivity contribution in [3.8, 4) is 11.5 Å². The molecule has 0 spiro atoms. The first-order valence-electron chi connectivity index (χ1n) is 6.73. The molecule has 1 heterocycles. The average Bonchev–Trinajstić information content (AvgIpc) is 2.96. The number of benzene rings is 1. The number of hydrogen-bond donors (Lipinski definition) is 2. The Balaban J connectivity index is 0.00000220. The highest BCUT2D eigenvalue weighted by atomic mass is 35.5. The molecule has 114 valence electrons. The van der Waals surface area contributed by atoms with Crippen LogP contribution < -0.4 is 10.6 Å². The summed E-state index contributed by atoms with van der Waals surface area (Å²) < 4.78 is 5.34. The molecule has 5 nitrogen and oxygen atoms in total. The highest BCUT2D eigenvalue weighted by Gasteiger charge is 2.13. The van der Waals surface area contributed by atoms with Crippen molar-refractivity contribution < 1.29 is 9.21 Å². The van der Waals surface area contributed by atoms with E-state index in [0.717, 1.165) is 12.1 Å². The van der Waals surface area contributed by atoms with Crippen molar-refractivity contribution in [2.75, 3.05) is 13.1 Å². The van der Waals surface area contributed by atoms with Crippen LogP contribution in [0.25, 0.3) is 11.5 Å². The number of oxazole rings is 1. The van der Waals surface area contributed by atoms with Crippen LogP contribution in [0, 0.1) is 0 Å².